The Balaban J connectivity index is 1.77. The summed E-state index contributed by atoms with van der Waals surface area (Å²) in [6, 6.07) is 2.72. The van der Waals surface area contributed by atoms with Crippen LogP contribution >= 0.6 is 0 Å². The summed E-state index contributed by atoms with van der Waals surface area (Å²) in [6.45, 7) is -0.104. The van der Waals surface area contributed by atoms with Crippen LogP contribution < -0.4 is 0 Å². The van der Waals surface area contributed by atoms with Gasteiger partial charge in [-0.05, 0) is 25.0 Å². The highest BCUT2D eigenvalue weighted by molar-refractivity contribution is 5.97. The lowest BCUT2D eigenvalue weighted by Gasteiger charge is -2.30. The zero-order valence-electron chi connectivity index (χ0n) is 16.0. The van der Waals surface area contributed by atoms with Gasteiger partial charge in [0.1, 0.15) is 17.3 Å². The Morgan fingerprint density at radius 3 is 2.80 bits per heavy atom. The van der Waals surface area contributed by atoms with Crippen LogP contribution in [0.25, 0.3) is 33.5 Å². The highest BCUT2D eigenvalue weighted by Gasteiger charge is 2.38. The molecule has 1 atom stereocenters. The second-order valence-electron chi connectivity index (χ2n) is 7.39. The van der Waals surface area contributed by atoms with Crippen LogP contribution in [0.4, 0.5) is 13.2 Å². The largest absolute Gasteiger partial charge is 0.381 e. The van der Waals surface area contributed by atoms with Crippen LogP contribution in [0.5, 0.6) is 0 Å². The Morgan fingerprint density at radius 1 is 1.17 bits per heavy atom. The predicted octanol–water partition coefficient (Wildman–Crippen LogP) is 3.46. The molecule has 10 heteroatoms. The number of ether oxygens (including phenoxy) is 1. The van der Waals surface area contributed by atoms with E-state index in [1.165, 1.54) is 30.1 Å². The normalized spacial score (nSPS) is 18.7. The van der Waals surface area contributed by atoms with Gasteiger partial charge in [0.15, 0.2) is 11.3 Å². The predicted molar refractivity (Wildman–Crippen MR) is 102 cm³/mol. The average molecular weight is 414 g/mol. The van der Waals surface area contributed by atoms with Crippen molar-refractivity contribution in [2.45, 2.75) is 25.1 Å². The molecule has 0 fully saturated rings. The SMILES string of the molecule is COC[C@@]1(F)CCc2c(-c3c(F)cnc4[nH]ncc34)c(-c3ccc(F)cn3)nn2C1. The molecule has 0 bridgehead atoms. The number of hydrogen-bond acceptors (Lipinski definition) is 5. The fourth-order valence-electron chi connectivity index (χ4n) is 4.04. The van der Waals surface area contributed by atoms with Gasteiger partial charge in [-0.2, -0.15) is 10.2 Å². The molecular weight excluding hydrogens is 397 g/mol. The number of methoxy groups -OCH3 is 1. The van der Waals surface area contributed by atoms with Gasteiger partial charge in [-0.15, -0.1) is 0 Å². The molecule has 0 saturated carbocycles. The fraction of sp³-hybridized carbons (Fsp3) is 0.300. The van der Waals surface area contributed by atoms with Crippen LogP contribution in [-0.2, 0) is 17.7 Å². The molecule has 0 saturated heterocycles. The van der Waals surface area contributed by atoms with Crippen LogP contribution in [0.15, 0.2) is 30.7 Å². The number of pyridine rings is 2. The first-order valence-corrected chi connectivity index (χ1v) is 9.36. The van der Waals surface area contributed by atoms with E-state index in [-0.39, 0.29) is 25.1 Å². The van der Waals surface area contributed by atoms with Crippen molar-refractivity contribution in [3.05, 3.63) is 48.1 Å². The monoisotopic (exact) mass is 414 g/mol. The summed E-state index contributed by atoms with van der Waals surface area (Å²) >= 11 is 0. The molecule has 0 spiro atoms. The van der Waals surface area contributed by atoms with Gasteiger partial charge in [-0.3, -0.25) is 14.8 Å². The molecular formula is C20H17F3N6O. The summed E-state index contributed by atoms with van der Waals surface area (Å²) in [6.07, 6.45) is 4.19. The van der Waals surface area contributed by atoms with E-state index >= 15 is 8.78 Å². The molecule has 4 aromatic rings. The number of aromatic amines is 1. The molecule has 1 N–H and O–H groups in total. The van der Waals surface area contributed by atoms with Crippen molar-refractivity contribution >= 4 is 11.0 Å². The Labute approximate surface area is 168 Å². The Morgan fingerprint density at radius 2 is 2.03 bits per heavy atom. The fourth-order valence-corrected chi connectivity index (χ4v) is 4.04. The van der Waals surface area contributed by atoms with Gasteiger partial charge in [0.2, 0.25) is 0 Å². The molecule has 0 radical (unpaired) electrons. The number of fused-ring (bicyclic) bond motifs is 2. The number of nitrogens with one attached hydrogen (secondary N) is 1. The number of alkyl halides is 1. The number of H-pyrrole nitrogens is 1. The highest BCUT2D eigenvalue weighted by atomic mass is 19.1. The average Bonchev–Trinajstić information content (AvgIpc) is 3.33. The number of rotatable bonds is 4. The van der Waals surface area contributed by atoms with Crippen LogP contribution in [0.1, 0.15) is 12.1 Å². The summed E-state index contributed by atoms with van der Waals surface area (Å²) in [7, 11) is 1.45. The molecule has 0 unspecified atom stereocenters. The van der Waals surface area contributed by atoms with Crippen molar-refractivity contribution < 1.29 is 17.9 Å². The molecule has 154 valence electrons. The van der Waals surface area contributed by atoms with Crippen LogP contribution in [0.2, 0.25) is 0 Å². The summed E-state index contributed by atoms with van der Waals surface area (Å²) in [5.74, 6) is -1.06. The highest BCUT2D eigenvalue weighted by Crippen LogP contribution is 2.42. The zero-order valence-corrected chi connectivity index (χ0v) is 16.0. The molecule has 0 aromatic carbocycles. The lowest BCUT2D eigenvalue weighted by atomic mass is 9.91. The Bertz CT molecular complexity index is 1240. The van der Waals surface area contributed by atoms with E-state index in [1.54, 1.807) is 0 Å². The maximum Gasteiger partial charge on any atom is 0.155 e. The van der Waals surface area contributed by atoms with Crippen molar-refractivity contribution in [1.82, 2.24) is 29.9 Å². The van der Waals surface area contributed by atoms with Crippen molar-refractivity contribution in [3.63, 3.8) is 0 Å². The van der Waals surface area contributed by atoms with Gasteiger partial charge in [-0.1, -0.05) is 0 Å². The van der Waals surface area contributed by atoms with Crippen LogP contribution in [0, 0.1) is 11.6 Å². The number of hydrogen-bond donors (Lipinski definition) is 1. The topological polar surface area (TPSA) is 81.5 Å². The first-order valence-electron chi connectivity index (χ1n) is 9.36. The second-order valence-corrected chi connectivity index (χ2v) is 7.39. The summed E-state index contributed by atoms with van der Waals surface area (Å²) < 4.78 is 50.2. The number of halogens is 3. The maximum absolute atomic E-state index is 15.2. The molecule has 1 aliphatic rings. The minimum absolute atomic E-state index is 0.0361. The third-order valence-electron chi connectivity index (χ3n) is 5.36. The van der Waals surface area contributed by atoms with Crippen molar-refractivity contribution in [1.29, 1.82) is 0 Å². The summed E-state index contributed by atoms with van der Waals surface area (Å²) in [5, 5.41) is 11.7. The van der Waals surface area contributed by atoms with E-state index in [0.717, 1.165) is 12.4 Å². The molecule has 0 amide bonds. The molecule has 0 aliphatic carbocycles. The third kappa shape index (κ3) is 2.95. The van der Waals surface area contributed by atoms with Gasteiger partial charge in [0.05, 0.1) is 37.4 Å². The zero-order chi connectivity index (χ0) is 20.9. The molecule has 5 rings (SSSR count). The smallest absolute Gasteiger partial charge is 0.155 e. The van der Waals surface area contributed by atoms with Gasteiger partial charge in [0.25, 0.3) is 0 Å². The van der Waals surface area contributed by atoms with E-state index in [9.17, 15) is 4.39 Å². The Kier molecular flexibility index (Phi) is 4.31. The first kappa shape index (κ1) is 18.7. The lowest BCUT2D eigenvalue weighted by Crippen LogP contribution is -2.39. The number of aromatic nitrogens is 6. The minimum atomic E-state index is -1.58. The summed E-state index contributed by atoms with van der Waals surface area (Å²) in [4.78, 5) is 8.14. The van der Waals surface area contributed by atoms with E-state index in [2.05, 4.69) is 25.3 Å². The number of nitrogens with zero attached hydrogens (tertiary/aromatic N) is 5. The molecule has 30 heavy (non-hydrogen) atoms. The molecule has 7 nitrogen and oxygen atoms in total. The van der Waals surface area contributed by atoms with Crippen molar-refractivity contribution in [3.8, 4) is 22.5 Å². The van der Waals surface area contributed by atoms with Gasteiger partial charge in [-0.25, -0.2) is 18.2 Å². The van der Waals surface area contributed by atoms with Gasteiger partial charge in [0, 0.05) is 29.3 Å². The van der Waals surface area contributed by atoms with Crippen LogP contribution in [0.3, 0.4) is 0 Å². The standard InChI is InChI=1S/C20H17F3N6O/c1-30-10-20(23)5-4-15-17(16-12-7-26-27-19(12)25-8-13(16)22)18(28-29(15)9-20)14-3-2-11(21)6-24-14/h2-3,6-8H,4-5,9-10H2,1H3,(H,25,26,27)/t20-/m1/s1. The first-order chi connectivity index (χ1) is 14.5. The maximum atomic E-state index is 15.2. The second kappa shape index (κ2) is 6.91. The Hall–Kier alpha value is -3.27. The van der Waals surface area contributed by atoms with E-state index in [4.69, 9.17) is 4.74 Å². The van der Waals surface area contributed by atoms with Gasteiger partial charge < -0.3 is 4.74 Å². The van der Waals surface area contributed by atoms with Gasteiger partial charge >= 0.3 is 0 Å². The molecule has 5 heterocycles. The third-order valence-corrected chi connectivity index (χ3v) is 5.36. The van der Waals surface area contributed by atoms with E-state index in [1.807, 2.05) is 0 Å². The lowest BCUT2D eigenvalue weighted by molar-refractivity contribution is 0.0100. The minimum Gasteiger partial charge on any atom is -0.381 e. The van der Waals surface area contributed by atoms with E-state index < -0.39 is 17.3 Å². The van der Waals surface area contributed by atoms with Crippen molar-refractivity contribution in [2.24, 2.45) is 0 Å². The molecule has 1 aliphatic heterocycles. The quantitative estimate of drug-likeness (QED) is 0.553. The molecule has 4 aromatic heterocycles. The van der Waals surface area contributed by atoms with E-state index in [0.29, 0.717) is 40.1 Å². The summed E-state index contributed by atoms with van der Waals surface area (Å²) in [5.41, 5.74) is 0.957. The van der Waals surface area contributed by atoms with Crippen LogP contribution in [-0.4, -0.2) is 49.3 Å². The van der Waals surface area contributed by atoms with Crippen molar-refractivity contribution in [2.75, 3.05) is 13.7 Å².